The van der Waals surface area contributed by atoms with E-state index in [0.29, 0.717) is 34.7 Å². The smallest absolute Gasteiger partial charge is 0.366 e. The summed E-state index contributed by atoms with van der Waals surface area (Å²) in [5.74, 6) is 1.58. The lowest BCUT2D eigenvalue weighted by Gasteiger charge is -2.12. The van der Waals surface area contributed by atoms with E-state index in [1.807, 2.05) is 18.2 Å². The van der Waals surface area contributed by atoms with Crippen LogP contribution >= 0.6 is 11.6 Å². The number of nitrogens with one attached hydrogen (secondary N) is 2. The second kappa shape index (κ2) is 7.84. The maximum atomic E-state index is 12.6. The number of aromatic nitrogens is 2. The van der Waals surface area contributed by atoms with Gasteiger partial charge in [-0.05, 0) is 42.8 Å². The summed E-state index contributed by atoms with van der Waals surface area (Å²) in [7, 11) is 0. The Hall–Kier alpha value is -2.80. The van der Waals surface area contributed by atoms with Gasteiger partial charge in [-0.1, -0.05) is 29.8 Å². The largest absolute Gasteiger partial charge is 0.416 e. The molecular weight excluding hydrogens is 377 g/mol. The number of halogens is 4. The van der Waals surface area contributed by atoms with Crippen molar-refractivity contribution < 1.29 is 13.2 Å². The number of anilines is 3. The molecule has 0 aliphatic carbocycles. The van der Waals surface area contributed by atoms with Crippen molar-refractivity contribution in [3.63, 3.8) is 0 Å². The summed E-state index contributed by atoms with van der Waals surface area (Å²) < 4.78 is 37.9. The van der Waals surface area contributed by atoms with Crippen LogP contribution in [-0.4, -0.2) is 9.97 Å². The summed E-state index contributed by atoms with van der Waals surface area (Å²) >= 11 is 6.14. The second-order valence-corrected chi connectivity index (χ2v) is 6.24. The van der Waals surface area contributed by atoms with Gasteiger partial charge in [-0.2, -0.15) is 13.2 Å². The Kier molecular flexibility index (Phi) is 5.51. The number of nitrogens with zero attached hydrogens (tertiary/aromatic N) is 2. The summed E-state index contributed by atoms with van der Waals surface area (Å²) in [5, 5.41) is 6.81. The molecule has 0 bridgehead atoms. The molecule has 140 valence electrons. The zero-order chi connectivity index (χ0) is 19.4. The van der Waals surface area contributed by atoms with E-state index in [9.17, 15) is 13.2 Å². The molecule has 1 aromatic heterocycles. The lowest BCUT2D eigenvalue weighted by molar-refractivity contribution is -0.137. The predicted molar refractivity (Wildman–Crippen MR) is 100 cm³/mol. The van der Waals surface area contributed by atoms with E-state index in [1.165, 1.54) is 12.1 Å². The van der Waals surface area contributed by atoms with Crippen LogP contribution < -0.4 is 10.6 Å². The highest BCUT2D eigenvalue weighted by molar-refractivity contribution is 6.31. The van der Waals surface area contributed by atoms with E-state index in [-0.39, 0.29) is 0 Å². The van der Waals surface area contributed by atoms with Gasteiger partial charge in [0.2, 0.25) is 0 Å². The molecule has 0 fully saturated rings. The second-order valence-electron chi connectivity index (χ2n) is 5.83. The van der Waals surface area contributed by atoms with E-state index in [1.54, 1.807) is 19.1 Å². The van der Waals surface area contributed by atoms with Crippen LogP contribution in [0.2, 0.25) is 5.02 Å². The molecule has 8 heteroatoms. The van der Waals surface area contributed by atoms with Crippen LogP contribution in [0.4, 0.5) is 30.5 Å². The summed E-state index contributed by atoms with van der Waals surface area (Å²) in [6, 6.07) is 13.9. The van der Waals surface area contributed by atoms with E-state index in [0.717, 1.165) is 17.7 Å². The standard InChI is InChI=1S/C19H16ClF3N4/c1-12-25-17(24-11-13-4-2-3-5-16(13)20)10-18(26-12)27-15-8-6-14(7-9-15)19(21,22)23/h2-10H,11H2,1H3,(H2,24,25,26,27). The highest BCUT2D eigenvalue weighted by Gasteiger charge is 2.29. The van der Waals surface area contributed by atoms with Gasteiger partial charge in [0.25, 0.3) is 0 Å². The number of alkyl halides is 3. The molecule has 0 saturated carbocycles. The van der Waals surface area contributed by atoms with Crippen LogP contribution in [0.25, 0.3) is 0 Å². The van der Waals surface area contributed by atoms with Crippen LogP contribution in [-0.2, 0) is 12.7 Å². The molecule has 2 aromatic carbocycles. The molecule has 0 saturated heterocycles. The van der Waals surface area contributed by atoms with Gasteiger partial charge in [0.15, 0.2) is 0 Å². The van der Waals surface area contributed by atoms with E-state index in [4.69, 9.17) is 11.6 Å². The third-order valence-electron chi connectivity index (χ3n) is 3.74. The molecule has 4 nitrogen and oxygen atoms in total. The van der Waals surface area contributed by atoms with Gasteiger partial charge in [-0.3, -0.25) is 0 Å². The van der Waals surface area contributed by atoms with Crippen molar-refractivity contribution in [3.8, 4) is 0 Å². The van der Waals surface area contributed by atoms with E-state index >= 15 is 0 Å². The normalized spacial score (nSPS) is 11.3. The van der Waals surface area contributed by atoms with Gasteiger partial charge < -0.3 is 10.6 Å². The van der Waals surface area contributed by atoms with Crippen LogP contribution in [0, 0.1) is 6.92 Å². The van der Waals surface area contributed by atoms with Gasteiger partial charge in [0, 0.05) is 23.3 Å². The van der Waals surface area contributed by atoms with Crippen molar-refractivity contribution in [2.24, 2.45) is 0 Å². The molecule has 0 radical (unpaired) electrons. The zero-order valence-electron chi connectivity index (χ0n) is 14.3. The number of benzene rings is 2. The van der Waals surface area contributed by atoms with E-state index in [2.05, 4.69) is 20.6 Å². The van der Waals surface area contributed by atoms with Crippen molar-refractivity contribution in [2.75, 3.05) is 10.6 Å². The topological polar surface area (TPSA) is 49.8 Å². The Bertz CT molecular complexity index is 927. The van der Waals surface area contributed by atoms with Gasteiger partial charge in [-0.15, -0.1) is 0 Å². The molecule has 0 unspecified atom stereocenters. The Morgan fingerprint density at radius 1 is 0.963 bits per heavy atom. The van der Waals surface area contributed by atoms with Crippen molar-refractivity contribution >= 4 is 28.9 Å². The van der Waals surface area contributed by atoms with Crippen molar-refractivity contribution in [3.05, 3.63) is 76.6 Å². The van der Waals surface area contributed by atoms with Crippen LogP contribution in [0.5, 0.6) is 0 Å². The summed E-state index contributed by atoms with van der Waals surface area (Å²) in [5.41, 5.74) is 0.722. The SMILES string of the molecule is Cc1nc(NCc2ccccc2Cl)cc(Nc2ccc(C(F)(F)F)cc2)n1. The van der Waals surface area contributed by atoms with Gasteiger partial charge in [-0.25, -0.2) is 9.97 Å². The van der Waals surface area contributed by atoms with Gasteiger partial charge >= 0.3 is 6.18 Å². The lowest BCUT2D eigenvalue weighted by Crippen LogP contribution is -2.06. The number of hydrogen-bond acceptors (Lipinski definition) is 4. The van der Waals surface area contributed by atoms with Crippen LogP contribution in [0.1, 0.15) is 17.0 Å². The third kappa shape index (κ3) is 5.10. The summed E-state index contributed by atoms with van der Waals surface area (Å²) in [6.45, 7) is 2.22. The Balaban J connectivity index is 1.72. The van der Waals surface area contributed by atoms with Crippen LogP contribution in [0.3, 0.4) is 0 Å². The molecule has 0 spiro atoms. The first-order chi connectivity index (χ1) is 12.8. The Morgan fingerprint density at radius 2 is 1.63 bits per heavy atom. The molecule has 0 aliphatic heterocycles. The number of hydrogen-bond donors (Lipinski definition) is 2. The van der Waals surface area contributed by atoms with Crippen molar-refractivity contribution in [2.45, 2.75) is 19.6 Å². The minimum atomic E-state index is -4.36. The summed E-state index contributed by atoms with van der Waals surface area (Å²) in [6.07, 6.45) is -4.36. The first-order valence-corrected chi connectivity index (χ1v) is 8.46. The fourth-order valence-corrected chi connectivity index (χ4v) is 2.64. The first kappa shape index (κ1) is 19.0. The third-order valence-corrected chi connectivity index (χ3v) is 4.11. The molecule has 1 heterocycles. The highest BCUT2D eigenvalue weighted by Crippen LogP contribution is 2.30. The molecule has 0 aliphatic rings. The number of aryl methyl sites for hydroxylation is 1. The number of rotatable bonds is 5. The average molecular weight is 393 g/mol. The molecule has 0 amide bonds. The summed E-state index contributed by atoms with van der Waals surface area (Å²) in [4.78, 5) is 8.57. The van der Waals surface area contributed by atoms with Crippen molar-refractivity contribution in [1.29, 1.82) is 0 Å². The van der Waals surface area contributed by atoms with Crippen molar-refractivity contribution in [1.82, 2.24) is 9.97 Å². The fourth-order valence-electron chi connectivity index (χ4n) is 2.44. The van der Waals surface area contributed by atoms with E-state index < -0.39 is 11.7 Å². The average Bonchev–Trinajstić information content (AvgIpc) is 2.60. The van der Waals surface area contributed by atoms with Gasteiger partial charge in [0.05, 0.1) is 5.56 Å². The minimum absolute atomic E-state index is 0.476. The maximum absolute atomic E-state index is 12.6. The Labute approximate surface area is 159 Å². The minimum Gasteiger partial charge on any atom is -0.366 e. The van der Waals surface area contributed by atoms with Gasteiger partial charge in [0.1, 0.15) is 17.5 Å². The lowest BCUT2D eigenvalue weighted by atomic mass is 10.2. The molecule has 27 heavy (non-hydrogen) atoms. The van der Waals surface area contributed by atoms with Crippen LogP contribution in [0.15, 0.2) is 54.6 Å². The molecule has 0 atom stereocenters. The fraction of sp³-hybridized carbons (Fsp3) is 0.158. The molecular formula is C19H16ClF3N4. The highest BCUT2D eigenvalue weighted by atomic mass is 35.5. The zero-order valence-corrected chi connectivity index (χ0v) is 15.1. The molecule has 2 N–H and O–H groups in total. The quantitative estimate of drug-likeness (QED) is 0.575. The molecule has 3 rings (SSSR count). The predicted octanol–water partition coefficient (Wildman–Crippen LogP) is 5.81. The monoisotopic (exact) mass is 392 g/mol. The first-order valence-electron chi connectivity index (χ1n) is 8.08. The maximum Gasteiger partial charge on any atom is 0.416 e. The Morgan fingerprint density at radius 3 is 2.30 bits per heavy atom. The molecule has 3 aromatic rings.